The van der Waals surface area contributed by atoms with Crippen molar-refractivity contribution in [2.45, 2.75) is 12.6 Å². The molecule has 0 bridgehead atoms. The van der Waals surface area contributed by atoms with Crippen LogP contribution in [0.1, 0.15) is 6.42 Å². The Morgan fingerprint density at radius 2 is 2.29 bits per heavy atom. The van der Waals surface area contributed by atoms with E-state index in [4.69, 9.17) is 0 Å². The van der Waals surface area contributed by atoms with E-state index in [9.17, 15) is 13.2 Å². The van der Waals surface area contributed by atoms with Gasteiger partial charge in [0.2, 0.25) is 0 Å². The summed E-state index contributed by atoms with van der Waals surface area (Å²) in [5.74, 6) is -0.890. The van der Waals surface area contributed by atoms with Crippen molar-refractivity contribution >= 4 is 23.9 Å². The molecule has 0 saturated carbocycles. The van der Waals surface area contributed by atoms with E-state index >= 15 is 0 Å². The first-order valence-corrected chi connectivity index (χ1v) is 6.90. The summed E-state index contributed by atoms with van der Waals surface area (Å²) < 4.78 is 37.9. The van der Waals surface area contributed by atoms with Gasteiger partial charge in [-0.1, -0.05) is 6.08 Å². The van der Waals surface area contributed by atoms with Gasteiger partial charge in [-0.3, -0.25) is 0 Å². The van der Waals surface area contributed by atoms with Crippen molar-refractivity contribution in [3.63, 3.8) is 0 Å². The van der Waals surface area contributed by atoms with E-state index in [1.54, 1.807) is 0 Å². The van der Waals surface area contributed by atoms with Gasteiger partial charge in [-0.15, -0.1) is 0 Å². The van der Waals surface area contributed by atoms with Crippen molar-refractivity contribution in [2.24, 2.45) is 0 Å². The monoisotopic (exact) mass is 283 g/mol. The van der Waals surface area contributed by atoms with Gasteiger partial charge in [0.05, 0.1) is 5.70 Å². The van der Waals surface area contributed by atoms with Gasteiger partial charge >= 0.3 is 6.18 Å². The molecule has 0 aliphatic carbocycles. The number of rotatable bonds is 3. The first-order valence-electron chi connectivity index (χ1n) is 5.08. The molecule has 0 aromatic carbocycles. The number of alkyl halides is 3. The topological polar surface area (TPSA) is 27.3 Å². The van der Waals surface area contributed by atoms with E-state index in [1.165, 1.54) is 16.4 Å². The van der Waals surface area contributed by atoms with Gasteiger partial charge in [0, 0.05) is 12.0 Å². The predicted octanol–water partition coefficient (Wildman–Crippen LogP) is 2.43. The Hall–Kier alpha value is -0.310. The van der Waals surface area contributed by atoms with Crippen LogP contribution in [0.5, 0.6) is 0 Å². The molecule has 2 heterocycles. The zero-order valence-electron chi connectivity index (χ0n) is 8.88. The van der Waals surface area contributed by atoms with Gasteiger partial charge in [-0.2, -0.15) is 18.0 Å². The van der Waals surface area contributed by atoms with E-state index < -0.39 is 11.9 Å². The highest BCUT2D eigenvalue weighted by atomic mass is 32.2. The molecule has 2 rings (SSSR count). The average molecular weight is 283 g/mol. The molecule has 8 heteroatoms. The maximum atomic E-state index is 12.1. The maximum Gasteiger partial charge on any atom is 0.399 e. The Kier molecular flexibility index (Phi) is 4.29. The highest BCUT2D eigenvalue weighted by Crippen LogP contribution is 2.33. The molecule has 17 heavy (non-hydrogen) atoms. The molecule has 0 amide bonds. The van der Waals surface area contributed by atoms with Crippen molar-refractivity contribution in [2.75, 3.05) is 18.8 Å². The number of hydrazine groups is 1. The van der Waals surface area contributed by atoms with Crippen molar-refractivity contribution in [3.8, 4) is 0 Å². The Morgan fingerprint density at radius 1 is 1.47 bits per heavy atom. The number of nitrogens with one attached hydrogen (secondary N) is 2. The molecular formula is C9H12F3N3S2. The molecule has 0 radical (unpaired) electrons. The largest absolute Gasteiger partial charge is 0.399 e. The molecule has 0 atom stereocenters. The minimum absolute atomic E-state index is 0.706. The number of hydrogen-bond donors (Lipinski definition) is 2. The normalized spacial score (nSPS) is 21.5. The fraction of sp³-hybridized carbons (Fsp3) is 0.556. The number of hydrogen-bond acceptors (Lipinski definition) is 5. The molecule has 0 saturated heterocycles. The van der Waals surface area contributed by atoms with Gasteiger partial charge in [0.1, 0.15) is 5.75 Å². The lowest BCUT2D eigenvalue weighted by Crippen LogP contribution is -2.30. The molecule has 2 aliphatic rings. The van der Waals surface area contributed by atoms with Crippen LogP contribution >= 0.6 is 23.9 Å². The summed E-state index contributed by atoms with van der Waals surface area (Å²) in [6, 6.07) is 0. The summed E-state index contributed by atoms with van der Waals surface area (Å²) in [4.78, 5) is 2.83. The third-order valence-corrected chi connectivity index (χ3v) is 3.99. The number of nitrogens with zero attached hydrogens (tertiary/aromatic N) is 1. The van der Waals surface area contributed by atoms with E-state index in [2.05, 4.69) is 16.2 Å². The third kappa shape index (κ3) is 3.84. The van der Waals surface area contributed by atoms with Gasteiger partial charge in [0.25, 0.3) is 0 Å². The fourth-order valence-corrected chi connectivity index (χ4v) is 3.11. The first-order chi connectivity index (χ1) is 8.06. The van der Waals surface area contributed by atoms with Crippen LogP contribution in [0.15, 0.2) is 22.8 Å². The Labute approximate surface area is 106 Å². The fourth-order valence-electron chi connectivity index (χ4n) is 1.51. The first kappa shape index (κ1) is 13.1. The van der Waals surface area contributed by atoms with Crippen molar-refractivity contribution in [1.29, 1.82) is 0 Å². The quantitative estimate of drug-likeness (QED) is 0.776. The van der Waals surface area contributed by atoms with Crippen LogP contribution in [0, 0.1) is 0 Å². The zero-order chi connectivity index (χ0) is 12.3. The molecule has 0 fully saturated rings. The summed E-state index contributed by atoms with van der Waals surface area (Å²) in [5, 5.41) is 5.04. The summed E-state index contributed by atoms with van der Waals surface area (Å²) >= 11 is 2.02. The van der Waals surface area contributed by atoms with Crippen LogP contribution < -0.4 is 10.1 Å². The molecule has 2 N–H and O–H groups in total. The molecule has 96 valence electrons. The molecule has 0 unspecified atom stereocenters. The van der Waals surface area contributed by atoms with Gasteiger partial charge in [-0.05, 0) is 42.4 Å². The summed E-state index contributed by atoms with van der Waals surface area (Å²) in [5.41, 5.74) is 1.86. The second-order valence-electron chi connectivity index (χ2n) is 3.59. The van der Waals surface area contributed by atoms with Crippen molar-refractivity contribution < 1.29 is 13.2 Å². The van der Waals surface area contributed by atoms with E-state index in [-0.39, 0.29) is 0 Å². The SMILES string of the molecule is FC(F)(F)CSN1NSC=C1C1=CCCNC1. The smallest absolute Gasteiger partial charge is 0.312 e. The molecule has 0 aromatic heterocycles. The molecule has 3 nitrogen and oxygen atoms in total. The Balaban J connectivity index is 1.95. The van der Waals surface area contributed by atoms with Crippen LogP contribution in [-0.2, 0) is 0 Å². The van der Waals surface area contributed by atoms with Crippen LogP contribution in [-0.4, -0.2) is 29.4 Å². The summed E-state index contributed by atoms with van der Waals surface area (Å²) in [6.45, 7) is 1.63. The molecular weight excluding hydrogens is 271 g/mol. The summed E-state index contributed by atoms with van der Waals surface area (Å²) in [7, 11) is 0. The zero-order valence-corrected chi connectivity index (χ0v) is 10.5. The van der Waals surface area contributed by atoms with Crippen molar-refractivity contribution in [1.82, 2.24) is 14.6 Å². The van der Waals surface area contributed by atoms with Crippen LogP contribution in [0.25, 0.3) is 0 Å². The summed E-state index contributed by atoms with van der Waals surface area (Å²) in [6.07, 6.45) is -1.17. The average Bonchev–Trinajstić information content (AvgIpc) is 2.75. The maximum absolute atomic E-state index is 12.1. The molecule has 0 aromatic rings. The van der Waals surface area contributed by atoms with E-state index in [0.717, 1.165) is 36.2 Å². The van der Waals surface area contributed by atoms with Gasteiger partial charge in [-0.25, -0.2) is 4.41 Å². The predicted molar refractivity (Wildman–Crippen MR) is 64.7 cm³/mol. The minimum Gasteiger partial charge on any atom is -0.312 e. The second kappa shape index (κ2) is 5.55. The van der Waals surface area contributed by atoms with Gasteiger partial charge in [0.15, 0.2) is 0 Å². The highest BCUT2D eigenvalue weighted by Gasteiger charge is 2.31. The van der Waals surface area contributed by atoms with E-state index in [0.29, 0.717) is 6.54 Å². The molecule has 0 spiro atoms. The van der Waals surface area contributed by atoms with Crippen LogP contribution in [0.4, 0.5) is 13.2 Å². The number of halogens is 3. The van der Waals surface area contributed by atoms with Crippen LogP contribution in [0.2, 0.25) is 0 Å². The minimum atomic E-state index is -4.15. The lowest BCUT2D eigenvalue weighted by atomic mass is 10.1. The third-order valence-electron chi connectivity index (χ3n) is 2.24. The molecule has 2 aliphatic heterocycles. The van der Waals surface area contributed by atoms with Crippen LogP contribution in [0.3, 0.4) is 0 Å². The Morgan fingerprint density at radius 3 is 2.94 bits per heavy atom. The Bertz CT molecular complexity index is 341. The van der Waals surface area contributed by atoms with E-state index in [1.807, 2.05) is 5.41 Å². The van der Waals surface area contributed by atoms with Crippen molar-refractivity contribution in [3.05, 3.63) is 22.8 Å². The lowest BCUT2D eigenvalue weighted by Gasteiger charge is -2.24. The standard InChI is InChI=1S/C9H12F3N3S2/c10-9(11,12)6-17-15-8(5-16-14-15)7-2-1-3-13-4-7/h2,5,13-14H,1,3-4,6H2. The lowest BCUT2D eigenvalue weighted by molar-refractivity contribution is -0.105. The van der Waals surface area contributed by atoms with Gasteiger partial charge < -0.3 is 5.32 Å². The second-order valence-corrected chi connectivity index (χ2v) is 5.16. The highest BCUT2D eigenvalue weighted by molar-refractivity contribution is 8.02.